The molecule has 2 heterocycles. The number of hydrogen-bond donors (Lipinski definition) is 5. The van der Waals surface area contributed by atoms with E-state index in [2.05, 4.69) is 26.1 Å². The van der Waals surface area contributed by atoms with E-state index in [0.29, 0.717) is 36.5 Å². The van der Waals surface area contributed by atoms with Gasteiger partial charge in [-0.05, 0) is 49.8 Å². The number of hydrogen-bond acceptors (Lipinski definition) is 5. The smallest absolute Gasteiger partial charge is 0.320 e. The lowest BCUT2D eigenvalue weighted by Gasteiger charge is -2.23. The van der Waals surface area contributed by atoms with E-state index >= 15 is 0 Å². The van der Waals surface area contributed by atoms with Crippen molar-refractivity contribution >= 4 is 28.7 Å². The van der Waals surface area contributed by atoms with Crippen LogP contribution in [0.1, 0.15) is 66.6 Å². The third kappa shape index (κ3) is 4.94. The Bertz CT molecular complexity index is 1200. The lowest BCUT2D eigenvalue weighted by atomic mass is 9.91. The van der Waals surface area contributed by atoms with E-state index < -0.39 is 0 Å². The zero-order valence-electron chi connectivity index (χ0n) is 20.2. The minimum absolute atomic E-state index is 0.0118. The number of urea groups is 1. The number of aromatic nitrogens is 2. The molecule has 1 aliphatic rings. The van der Waals surface area contributed by atoms with Crippen LogP contribution in [-0.4, -0.2) is 46.4 Å². The normalized spacial score (nSPS) is 15.7. The predicted octanol–water partition coefficient (Wildman–Crippen LogP) is 3.55. The number of anilines is 1. The molecule has 182 valence electrons. The third-order valence-corrected chi connectivity index (χ3v) is 6.31. The van der Waals surface area contributed by atoms with E-state index in [1.54, 1.807) is 6.07 Å². The highest BCUT2D eigenvalue weighted by Crippen LogP contribution is 2.32. The van der Waals surface area contributed by atoms with Gasteiger partial charge in [0, 0.05) is 52.8 Å². The quantitative estimate of drug-likeness (QED) is 0.354. The second kappa shape index (κ2) is 9.50. The van der Waals surface area contributed by atoms with Crippen molar-refractivity contribution in [3.8, 4) is 0 Å². The number of rotatable bonds is 6. The molecule has 1 aromatic carbocycles. The van der Waals surface area contributed by atoms with Crippen LogP contribution in [0.25, 0.3) is 10.9 Å². The summed E-state index contributed by atoms with van der Waals surface area (Å²) in [6.07, 6.45) is 2.86. The van der Waals surface area contributed by atoms with Gasteiger partial charge in [0.05, 0.1) is 0 Å². The van der Waals surface area contributed by atoms with Crippen LogP contribution >= 0.6 is 0 Å². The first-order valence-electron chi connectivity index (χ1n) is 11.7. The van der Waals surface area contributed by atoms with Crippen molar-refractivity contribution in [3.05, 3.63) is 46.3 Å². The Labute approximate surface area is 198 Å². The van der Waals surface area contributed by atoms with Crippen LogP contribution in [0.2, 0.25) is 0 Å². The Morgan fingerprint density at radius 2 is 2.09 bits per heavy atom. The van der Waals surface area contributed by atoms with Crippen LogP contribution in [0.4, 0.5) is 10.6 Å². The van der Waals surface area contributed by atoms with Gasteiger partial charge in [0.25, 0.3) is 5.91 Å². The topological polar surface area (TPSA) is 132 Å². The summed E-state index contributed by atoms with van der Waals surface area (Å²) in [5.41, 5.74) is 4.63. The van der Waals surface area contributed by atoms with Crippen molar-refractivity contribution in [2.45, 2.75) is 64.8 Å². The Balaban J connectivity index is 1.44. The first-order valence-corrected chi connectivity index (χ1v) is 11.7. The maximum Gasteiger partial charge on any atom is 0.320 e. The average Bonchev–Trinajstić information content (AvgIpc) is 3.39. The molecule has 1 unspecified atom stereocenters. The fourth-order valence-corrected chi connectivity index (χ4v) is 4.40. The van der Waals surface area contributed by atoms with Crippen molar-refractivity contribution in [1.82, 2.24) is 20.8 Å². The van der Waals surface area contributed by atoms with Crippen molar-refractivity contribution < 1.29 is 19.2 Å². The first-order chi connectivity index (χ1) is 16.2. The molecule has 0 saturated heterocycles. The molecular formula is C25H33N5O4. The third-order valence-electron chi connectivity index (χ3n) is 6.31. The number of nitrogens with zero attached hydrogens (tertiary/aromatic N) is 1. The number of aliphatic hydroxyl groups excluding tert-OH is 1. The highest BCUT2D eigenvalue weighted by Gasteiger charge is 2.26. The number of benzene rings is 1. The molecule has 0 spiro atoms. The summed E-state index contributed by atoms with van der Waals surface area (Å²) in [6, 6.07) is 5.26. The van der Waals surface area contributed by atoms with Crippen LogP contribution < -0.4 is 16.0 Å². The average molecular weight is 468 g/mol. The van der Waals surface area contributed by atoms with Crippen molar-refractivity contribution in [2.75, 3.05) is 18.5 Å². The summed E-state index contributed by atoms with van der Waals surface area (Å²) in [4.78, 5) is 28.6. The van der Waals surface area contributed by atoms with Gasteiger partial charge in [-0.3, -0.25) is 10.1 Å². The number of fused-ring (bicyclic) bond motifs is 3. The number of amides is 3. The molecular weight excluding hydrogens is 434 g/mol. The zero-order valence-corrected chi connectivity index (χ0v) is 20.2. The monoisotopic (exact) mass is 467 g/mol. The number of carbonyl (C=O) groups excluding carboxylic acids is 2. The molecule has 2 aromatic heterocycles. The first kappa shape index (κ1) is 23.8. The van der Waals surface area contributed by atoms with Crippen LogP contribution in [0.15, 0.2) is 22.7 Å². The number of aryl methyl sites for hydroxylation is 2. The molecule has 9 heteroatoms. The van der Waals surface area contributed by atoms with Gasteiger partial charge in [-0.2, -0.15) is 0 Å². The molecule has 1 aliphatic carbocycles. The van der Waals surface area contributed by atoms with Crippen LogP contribution in [0.3, 0.4) is 0 Å². The highest BCUT2D eigenvalue weighted by atomic mass is 16.5. The molecule has 0 bridgehead atoms. The minimum atomic E-state index is -0.305. The molecule has 0 saturated carbocycles. The largest absolute Gasteiger partial charge is 0.396 e. The minimum Gasteiger partial charge on any atom is -0.396 e. The SMILES string of the molecule is Cc1c(C(=O)NCCCO)ccc2c3c([nH]c12)CCC(NC(=O)Nc1cc(C(C)(C)C)on1)C3. The highest BCUT2D eigenvalue weighted by molar-refractivity contribution is 6.01. The van der Waals surface area contributed by atoms with E-state index in [-0.39, 0.29) is 30.0 Å². The van der Waals surface area contributed by atoms with Gasteiger partial charge in [0.15, 0.2) is 5.82 Å². The number of H-pyrrole nitrogens is 1. The van der Waals surface area contributed by atoms with Gasteiger partial charge in [0.2, 0.25) is 0 Å². The zero-order chi connectivity index (χ0) is 24.5. The Morgan fingerprint density at radius 3 is 2.79 bits per heavy atom. The molecule has 4 rings (SSSR count). The van der Waals surface area contributed by atoms with Crippen molar-refractivity contribution in [3.63, 3.8) is 0 Å². The van der Waals surface area contributed by atoms with Gasteiger partial charge in [-0.15, -0.1) is 0 Å². The molecule has 5 N–H and O–H groups in total. The van der Waals surface area contributed by atoms with Crippen molar-refractivity contribution in [2.24, 2.45) is 0 Å². The standard InChI is InChI=1S/C25H33N5O4/c1-14-16(23(32)26-10-5-11-31)7-8-17-18-12-15(6-9-19(18)28-22(14)17)27-24(33)29-21-13-20(34-30-21)25(2,3)4/h7-8,13,15,28,31H,5-6,9-12H2,1-4H3,(H,26,32)(H2,27,29,30,33). The van der Waals surface area contributed by atoms with Crippen LogP contribution in [-0.2, 0) is 18.3 Å². The Kier molecular flexibility index (Phi) is 6.65. The summed E-state index contributed by atoms with van der Waals surface area (Å²) in [7, 11) is 0. The van der Waals surface area contributed by atoms with Crippen molar-refractivity contribution in [1.29, 1.82) is 0 Å². The van der Waals surface area contributed by atoms with Crippen LogP contribution in [0, 0.1) is 6.92 Å². The fraction of sp³-hybridized carbons (Fsp3) is 0.480. The molecule has 0 radical (unpaired) electrons. The van der Waals surface area contributed by atoms with Gasteiger partial charge in [-0.25, -0.2) is 4.79 Å². The number of nitrogens with one attached hydrogen (secondary N) is 4. The molecule has 0 aliphatic heterocycles. The van der Waals surface area contributed by atoms with E-state index in [9.17, 15) is 9.59 Å². The second-order valence-electron chi connectivity index (χ2n) is 9.94. The number of aliphatic hydroxyl groups is 1. The fourth-order valence-electron chi connectivity index (χ4n) is 4.40. The molecule has 34 heavy (non-hydrogen) atoms. The Morgan fingerprint density at radius 1 is 1.29 bits per heavy atom. The van der Waals surface area contributed by atoms with Gasteiger partial charge in [-0.1, -0.05) is 32.0 Å². The molecule has 0 fully saturated rings. The summed E-state index contributed by atoms with van der Waals surface area (Å²) >= 11 is 0. The second-order valence-corrected chi connectivity index (χ2v) is 9.94. The number of carbonyl (C=O) groups is 2. The summed E-state index contributed by atoms with van der Waals surface area (Å²) < 4.78 is 5.33. The molecule has 3 aromatic rings. The van der Waals surface area contributed by atoms with E-state index in [4.69, 9.17) is 9.63 Å². The Hall–Kier alpha value is -3.33. The lowest BCUT2D eigenvalue weighted by molar-refractivity contribution is 0.0950. The maximum atomic E-state index is 12.6. The summed E-state index contributed by atoms with van der Waals surface area (Å²) in [5.74, 6) is 0.964. The van der Waals surface area contributed by atoms with Gasteiger partial charge >= 0.3 is 6.03 Å². The molecule has 3 amide bonds. The van der Waals surface area contributed by atoms with E-state index in [1.165, 1.54) is 5.56 Å². The lowest BCUT2D eigenvalue weighted by Crippen LogP contribution is -2.41. The van der Waals surface area contributed by atoms with Crippen LogP contribution in [0.5, 0.6) is 0 Å². The number of aromatic amines is 1. The van der Waals surface area contributed by atoms with Gasteiger partial charge in [0.1, 0.15) is 5.76 Å². The van der Waals surface area contributed by atoms with E-state index in [1.807, 2.05) is 39.8 Å². The molecule has 9 nitrogen and oxygen atoms in total. The maximum absolute atomic E-state index is 12.6. The van der Waals surface area contributed by atoms with E-state index in [0.717, 1.165) is 35.0 Å². The summed E-state index contributed by atoms with van der Waals surface area (Å²) in [5, 5.41) is 22.6. The summed E-state index contributed by atoms with van der Waals surface area (Å²) in [6.45, 7) is 8.49. The predicted molar refractivity (Wildman–Crippen MR) is 130 cm³/mol. The molecule has 1 atom stereocenters. The van der Waals surface area contributed by atoms with Gasteiger partial charge < -0.3 is 25.2 Å².